The van der Waals surface area contributed by atoms with Crippen molar-refractivity contribution < 1.29 is 14.4 Å². The van der Waals surface area contributed by atoms with E-state index in [4.69, 9.17) is 0 Å². The third-order valence-corrected chi connectivity index (χ3v) is 3.37. The number of aromatic nitrogens is 1. The van der Waals surface area contributed by atoms with Crippen molar-refractivity contribution in [3.8, 4) is 0 Å². The minimum Gasteiger partial charge on any atom is -0.349 e. The predicted octanol–water partition coefficient (Wildman–Crippen LogP) is 1.71. The molecule has 0 aliphatic carbocycles. The van der Waals surface area contributed by atoms with Crippen LogP contribution in [0.4, 0.5) is 11.4 Å². The molecule has 25 heavy (non-hydrogen) atoms. The van der Waals surface area contributed by atoms with Gasteiger partial charge in [0, 0.05) is 31.4 Å². The summed E-state index contributed by atoms with van der Waals surface area (Å²) < 4.78 is 0. The zero-order valence-corrected chi connectivity index (χ0v) is 14.2. The van der Waals surface area contributed by atoms with E-state index in [0.717, 1.165) is 5.69 Å². The molecule has 3 amide bonds. The van der Waals surface area contributed by atoms with E-state index in [-0.39, 0.29) is 24.3 Å². The minimum absolute atomic E-state index is 0.0956. The predicted molar refractivity (Wildman–Crippen MR) is 94.9 cm³/mol. The van der Waals surface area contributed by atoms with Crippen LogP contribution in [0.2, 0.25) is 0 Å². The van der Waals surface area contributed by atoms with E-state index in [1.807, 2.05) is 12.1 Å². The number of nitrogens with one attached hydrogen (secondary N) is 2. The average molecular weight is 340 g/mol. The maximum Gasteiger partial charge on any atom is 0.240 e. The lowest BCUT2D eigenvalue weighted by Crippen LogP contribution is -2.39. The fourth-order valence-corrected chi connectivity index (χ4v) is 2.20. The van der Waals surface area contributed by atoms with E-state index in [1.54, 1.807) is 36.5 Å². The van der Waals surface area contributed by atoms with Gasteiger partial charge in [0.1, 0.15) is 6.54 Å². The summed E-state index contributed by atoms with van der Waals surface area (Å²) in [6.07, 6.45) is 1.65. The molecule has 0 fully saturated rings. The smallest absolute Gasteiger partial charge is 0.240 e. The average Bonchev–Trinajstić information content (AvgIpc) is 2.59. The molecule has 0 spiro atoms. The summed E-state index contributed by atoms with van der Waals surface area (Å²) in [7, 11) is 0. The molecule has 7 heteroatoms. The van der Waals surface area contributed by atoms with Crippen molar-refractivity contribution in [2.45, 2.75) is 20.4 Å². The van der Waals surface area contributed by atoms with Crippen molar-refractivity contribution in [3.05, 3.63) is 54.4 Å². The second kappa shape index (κ2) is 8.58. The maximum atomic E-state index is 12.1. The van der Waals surface area contributed by atoms with Gasteiger partial charge < -0.3 is 15.5 Å². The Labute approximate surface area is 146 Å². The third-order valence-electron chi connectivity index (χ3n) is 3.37. The van der Waals surface area contributed by atoms with E-state index in [9.17, 15) is 14.4 Å². The molecule has 0 aliphatic heterocycles. The molecule has 2 N–H and O–H groups in total. The van der Waals surface area contributed by atoms with Crippen molar-refractivity contribution in [2.75, 3.05) is 16.8 Å². The van der Waals surface area contributed by atoms with Gasteiger partial charge in [-0.25, -0.2) is 0 Å². The Hall–Kier alpha value is -3.22. The molecule has 0 unspecified atom stereocenters. The molecule has 0 atom stereocenters. The molecule has 1 heterocycles. The van der Waals surface area contributed by atoms with Gasteiger partial charge in [0.05, 0.1) is 12.2 Å². The van der Waals surface area contributed by atoms with Crippen LogP contribution in [0.15, 0.2) is 48.7 Å². The van der Waals surface area contributed by atoms with Gasteiger partial charge >= 0.3 is 0 Å². The van der Waals surface area contributed by atoms with Crippen LogP contribution in [0.25, 0.3) is 0 Å². The van der Waals surface area contributed by atoms with Crippen LogP contribution in [0.5, 0.6) is 0 Å². The molecular weight excluding hydrogens is 320 g/mol. The number of rotatable bonds is 6. The summed E-state index contributed by atoms with van der Waals surface area (Å²) in [5, 5.41) is 5.39. The Kier molecular flexibility index (Phi) is 6.22. The SMILES string of the molecule is CC(=O)Nc1ccc(N(CC(=O)NCc2ccccn2)C(C)=O)cc1. The van der Waals surface area contributed by atoms with Gasteiger partial charge in [-0.05, 0) is 36.4 Å². The van der Waals surface area contributed by atoms with Gasteiger partial charge in [-0.3, -0.25) is 19.4 Å². The maximum absolute atomic E-state index is 12.1. The summed E-state index contributed by atoms with van der Waals surface area (Å²) >= 11 is 0. The third kappa shape index (κ3) is 5.72. The Morgan fingerprint density at radius 2 is 1.76 bits per heavy atom. The zero-order chi connectivity index (χ0) is 18.2. The lowest BCUT2D eigenvalue weighted by atomic mass is 10.2. The number of benzene rings is 1. The van der Waals surface area contributed by atoms with Crippen LogP contribution in [-0.4, -0.2) is 29.3 Å². The van der Waals surface area contributed by atoms with Gasteiger partial charge in [-0.15, -0.1) is 0 Å². The molecule has 2 aromatic rings. The van der Waals surface area contributed by atoms with E-state index >= 15 is 0 Å². The molecule has 2 rings (SSSR count). The molecule has 1 aromatic carbocycles. The molecule has 0 saturated heterocycles. The fourth-order valence-electron chi connectivity index (χ4n) is 2.20. The largest absolute Gasteiger partial charge is 0.349 e. The van der Waals surface area contributed by atoms with Crippen LogP contribution >= 0.6 is 0 Å². The first-order valence-electron chi connectivity index (χ1n) is 7.78. The summed E-state index contributed by atoms with van der Waals surface area (Å²) in [6.45, 7) is 3.02. The van der Waals surface area contributed by atoms with Crippen molar-refractivity contribution in [3.63, 3.8) is 0 Å². The molecule has 130 valence electrons. The fraction of sp³-hybridized carbons (Fsp3) is 0.222. The number of carbonyl (C=O) groups is 3. The topological polar surface area (TPSA) is 91.4 Å². The first-order chi connectivity index (χ1) is 12.0. The van der Waals surface area contributed by atoms with Gasteiger partial charge in [0.2, 0.25) is 17.7 Å². The van der Waals surface area contributed by atoms with Crippen molar-refractivity contribution in [1.82, 2.24) is 10.3 Å². The normalized spacial score (nSPS) is 10.0. The van der Waals surface area contributed by atoms with Gasteiger partial charge in [0.15, 0.2) is 0 Å². The van der Waals surface area contributed by atoms with Crippen LogP contribution < -0.4 is 15.5 Å². The number of hydrogen-bond donors (Lipinski definition) is 2. The second-order valence-electron chi connectivity index (χ2n) is 5.43. The van der Waals surface area contributed by atoms with Crippen molar-refractivity contribution in [2.24, 2.45) is 0 Å². The highest BCUT2D eigenvalue weighted by Gasteiger charge is 2.15. The Morgan fingerprint density at radius 1 is 1.04 bits per heavy atom. The Balaban J connectivity index is 1.99. The highest BCUT2D eigenvalue weighted by atomic mass is 16.2. The van der Waals surface area contributed by atoms with Gasteiger partial charge in [0.25, 0.3) is 0 Å². The quantitative estimate of drug-likeness (QED) is 0.837. The summed E-state index contributed by atoms with van der Waals surface area (Å²) in [6, 6.07) is 12.2. The Bertz CT molecular complexity index is 745. The first kappa shape index (κ1) is 18.1. The second-order valence-corrected chi connectivity index (χ2v) is 5.43. The standard InChI is InChI=1S/C18H20N4O3/c1-13(23)21-15-6-8-17(9-7-15)22(14(2)24)12-18(25)20-11-16-5-3-4-10-19-16/h3-10H,11-12H2,1-2H3,(H,20,25)(H,21,23). The monoisotopic (exact) mass is 340 g/mol. The van der Waals surface area contributed by atoms with E-state index in [1.165, 1.54) is 18.7 Å². The lowest BCUT2D eigenvalue weighted by molar-refractivity contribution is -0.123. The van der Waals surface area contributed by atoms with Crippen LogP contribution in [0.3, 0.4) is 0 Å². The molecule has 0 saturated carbocycles. The van der Waals surface area contributed by atoms with Crippen LogP contribution in [0, 0.1) is 0 Å². The number of anilines is 2. The highest BCUT2D eigenvalue weighted by Crippen LogP contribution is 2.18. The van der Waals surface area contributed by atoms with E-state index < -0.39 is 0 Å². The number of pyridine rings is 1. The summed E-state index contributed by atoms with van der Waals surface area (Å²) in [5.74, 6) is -0.711. The molecular formula is C18H20N4O3. The van der Waals surface area contributed by atoms with Crippen LogP contribution in [-0.2, 0) is 20.9 Å². The van der Waals surface area contributed by atoms with E-state index in [0.29, 0.717) is 17.9 Å². The summed E-state index contributed by atoms with van der Waals surface area (Å²) in [4.78, 5) is 40.5. The number of carbonyl (C=O) groups excluding carboxylic acids is 3. The van der Waals surface area contributed by atoms with Crippen molar-refractivity contribution >= 4 is 29.1 Å². The van der Waals surface area contributed by atoms with Gasteiger partial charge in [-0.1, -0.05) is 6.07 Å². The number of amides is 3. The number of nitrogens with zero attached hydrogens (tertiary/aromatic N) is 2. The minimum atomic E-state index is -0.285. The lowest BCUT2D eigenvalue weighted by Gasteiger charge is -2.21. The first-order valence-corrected chi connectivity index (χ1v) is 7.78. The molecule has 7 nitrogen and oxygen atoms in total. The molecule has 1 aromatic heterocycles. The molecule has 0 radical (unpaired) electrons. The Morgan fingerprint density at radius 3 is 2.32 bits per heavy atom. The zero-order valence-electron chi connectivity index (χ0n) is 14.2. The van der Waals surface area contributed by atoms with Crippen molar-refractivity contribution in [1.29, 1.82) is 0 Å². The van der Waals surface area contributed by atoms with Crippen LogP contribution in [0.1, 0.15) is 19.5 Å². The molecule has 0 aliphatic rings. The summed E-state index contributed by atoms with van der Waals surface area (Å²) in [5.41, 5.74) is 1.94. The molecule has 0 bridgehead atoms. The van der Waals surface area contributed by atoms with E-state index in [2.05, 4.69) is 15.6 Å². The highest BCUT2D eigenvalue weighted by molar-refractivity contribution is 5.97. The van der Waals surface area contributed by atoms with Gasteiger partial charge in [-0.2, -0.15) is 0 Å². The number of hydrogen-bond acceptors (Lipinski definition) is 4.